The second kappa shape index (κ2) is 5.10. The lowest BCUT2D eigenvalue weighted by Gasteiger charge is -2.04. The van der Waals surface area contributed by atoms with Crippen LogP contribution in [0.15, 0.2) is 63.2 Å². The number of rotatable bonds is 3. The van der Waals surface area contributed by atoms with Gasteiger partial charge in [-0.25, -0.2) is 4.98 Å². The van der Waals surface area contributed by atoms with Gasteiger partial charge in [0.1, 0.15) is 17.6 Å². The Kier molecular flexibility index (Phi) is 3.08. The van der Waals surface area contributed by atoms with E-state index in [2.05, 4.69) is 17.6 Å². The third-order valence-electron chi connectivity index (χ3n) is 3.68. The Hall–Kier alpha value is -2.40. The van der Waals surface area contributed by atoms with Crippen molar-refractivity contribution in [1.29, 1.82) is 0 Å². The number of fused-ring (bicyclic) bond motifs is 2. The molecule has 0 amide bonds. The molecule has 110 valence electrons. The molecule has 4 nitrogen and oxygen atoms in total. The minimum absolute atomic E-state index is 0.230. The fourth-order valence-corrected chi connectivity index (χ4v) is 3.73. The van der Waals surface area contributed by atoms with Crippen LogP contribution in [-0.4, -0.2) is 14.7 Å². The average molecular weight is 310 g/mol. The van der Waals surface area contributed by atoms with Gasteiger partial charge in [-0.3, -0.25) is 0 Å². The summed E-state index contributed by atoms with van der Waals surface area (Å²) in [5, 5.41) is 11.7. The molecule has 2 aromatic heterocycles. The summed E-state index contributed by atoms with van der Waals surface area (Å²) in [5.41, 5.74) is 2.77. The third kappa shape index (κ3) is 1.97. The number of phenols is 1. The summed E-state index contributed by atoms with van der Waals surface area (Å²) in [6, 6.07) is 13.4. The van der Waals surface area contributed by atoms with Crippen LogP contribution in [0.3, 0.4) is 0 Å². The maximum atomic E-state index is 10.1. The second-order valence-corrected chi connectivity index (χ2v) is 5.99. The van der Waals surface area contributed by atoms with E-state index in [1.165, 1.54) is 11.8 Å². The number of hydrogen-bond donors (Lipinski definition) is 1. The first-order valence-corrected chi connectivity index (χ1v) is 7.92. The van der Waals surface area contributed by atoms with Crippen LogP contribution in [0.2, 0.25) is 0 Å². The molecule has 0 radical (unpaired) electrons. The summed E-state index contributed by atoms with van der Waals surface area (Å²) in [6.07, 6.45) is 1.67. The van der Waals surface area contributed by atoms with Crippen molar-refractivity contribution < 1.29 is 9.52 Å². The van der Waals surface area contributed by atoms with Crippen molar-refractivity contribution >= 4 is 33.8 Å². The highest BCUT2D eigenvalue weighted by Gasteiger charge is 2.16. The first kappa shape index (κ1) is 13.3. The predicted octanol–water partition coefficient (Wildman–Crippen LogP) is 4.66. The summed E-state index contributed by atoms with van der Waals surface area (Å²) < 4.78 is 7.70. The molecule has 0 aliphatic rings. The first-order chi connectivity index (χ1) is 10.8. The van der Waals surface area contributed by atoms with Crippen molar-refractivity contribution in [2.24, 2.45) is 0 Å². The lowest BCUT2D eigenvalue weighted by molar-refractivity contribution is 0.480. The zero-order chi connectivity index (χ0) is 15.1. The molecule has 5 heteroatoms. The maximum absolute atomic E-state index is 10.1. The Morgan fingerprint density at radius 1 is 1.18 bits per heavy atom. The van der Waals surface area contributed by atoms with Crippen molar-refractivity contribution in [3.05, 3.63) is 48.7 Å². The minimum atomic E-state index is 0.230. The van der Waals surface area contributed by atoms with Gasteiger partial charge in [-0.1, -0.05) is 18.2 Å². The Morgan fingerprint density at radius 3 is 2.91 bits per heavy atom. The molecule has 4 rings (SSSR count). The largest absolute Gasteiger partial charge is 0.507 e. The normalized spacial score (nSPS) is 11.5. The standard InChI is InChI=1S/C17H14N2O2S/c1-2-19-12-7-4-3-6-11(12)18-17(19)22-15-10-21-14-9-5-8-13(20)16(14)15/h3-10,20H,2H2,1H3. The molecular formula is C17H14N2O2S. The van der Waals surface area contributed by atoms with Crippen molar-refractivity contribution in [1.82, 2.24) is 9.55 Å². The molecule has 0 saturated carbocycles. The quantitative estimate of drug-likeness (QED) is 0.598. The van der Waals surface area contributed by atoms with Gasteiger partial charge in [0.2, 0.25) is 0 Å². The van der Waals surface area contributed by atoms with E-state index >= 15 is 0 Å². The number of hydrogen-bond acceptors (Lipinski definition) is 4. The van der Waals surface area contributed by atoms with Gasteiger partial charge >= 0.3 is 0 Å². The molecule has 2 aromatic carbocycles. The summed E-state index contributed by atoms with van der Waals surface area (Å²) in [4.78, 5) is 5.57. The highest BCUT2D eigenvalue weighted by atomic mass is 32.2. The molecule has 0 unspecified atom stereocenters. The van der Waals surface area contributed by atoms with E-state index in [1.54, 1.807) is 18.4 Å². The lowest BCUT2D eigenvalue weighted by atomic mass is 10.2. The summed E-state index contributed by atoms with van der Waals surface area (Å²) in [6.45, 7) is 2.94. The molecule has 2 heterocycles. The van der Waals surface area contributed by atoms with Gasteiger partial charge in [-0.05, 0) is 43.0 Å². The second-order valence-electron chi connectivity index (χ2n) is 4.98. The van der Waals surface area contributed by atoms with Crippen LogP contribution in [0.25, 0.3) is 22.0 Å². The summed E-state index contributed by atoms with van der Waals surface area (Å²) in [5.74, 6) is 0.230. The van der Waals surface area contributed by atoms with Crippen LogP contribution in [0.1, 0.15) is 6.92 Å². The van der Waals surface area contributed by atoms with Crippen LogP contribution >= 0.6 is 11.8 Å². The SMILES string of the molecule is CCn1c(Sc2coc3cccc(O)c23)nc2ccccc21. The number of benzene rings is 2. The minimum Gasteiger partial charge on any atom is -0.507 e. The van der Waals surface area contributed by atoms with Gasteiger partial charge in [-0.15, -0.1) is 0 Å². The molecule has 22 heavy (non-hydrogen) atoms. The molecule has 4 aromatic rings. The van der Waals surface area contributed by atoms with Gasteiger partial charge in [0, 0.05) is 6.54 Å². The average Bonchev–Trinajstić information content (AvgIpc) is 3.09. The van der Waals surface area contributed by atoms with Crippen molar-refractivity contribution in [3.63, 3.8) is 0 Å². The topological polar surface area (TPSA) is 51.2 Å². The number of nitrogens with zero attached hydrogens (tertiary/aromatic N) is 2. The number of aromatic nitrogens is 2. The van der Waals surface area contributed by atoms with Crippen LogP contribution in [0.5, 0.6) is 5.75 Å². The Balaban J connectivity index is 1.86. The number of phenolic OH excluding ortho intramolecular Hbond substituents is 1. The zero-order valence-electron chi connectivity index (χ0n) is 12.0. The molecular weight excluding hydrogens is 296 g/mol. The van der Waals surface area contributed by atoms with Gasteiger partial charge in [0.25, 0.3) is 0 Å². The molecule has 0 fully saturated rings. The van der Waals surface area contributed by atoms with E-state index in [0.717, 1.165) is 33.0 Å². The van der Waals surface area contributed by atoms with Gasteiger partial charge in [0.05, 0.1) is 21.3 Å². The van der Waals surface area contributed by atoms with Crippen LogP contribution in [0, 0.1) is 0 Å². The third-order valence-corrected chi connectivity index (χ3v) is 4.70. The molecule has 0 aliphatic carbocycles. The van der Waals surface area contributed by atoms with Crippen LogP contribution < -0.4 is 0 Å². The fraction of sp³-hybridized carbons (Fsp3) is 0.118. The van der Waals surface area contributed by atoms with Crippen LogP contribution in [-0.2, 0) is 6.54 Å². The highest BCUT2D eigenvalue weighted by molar-refractivity contribution is 7.99. The highest BCUT2D eigenvalue weighted by Crippen LogP contribution is 2.39. The predicted molar refractivity (Wildman–Crippen MR) is 87.4 cm³/mol. The van der Waals surface area contributed by atoms with Crippen molar-refractivity contribution in [2.45, 2.75) is 23.5 Å². The number of para-hydroxylation sites is 2. The maximum Gasteiger partial charge on any atom is 0.174 e. The van der Waals surface area contributed by atoms with E-state index in [0.29, 0.717) is 5.58 Å². The first-order valence-electron chi connectivity index (χ1n) is 7.10. The van der Waals surface area contributed by atoms with E-state index in [4.69, 9.17) is 9.40 Å². The Labute approximate surface area is 131 Å². The number of aryl methyl sites for hydroxylation is 1. The Morgan fingerprint density at radius 2 is 2.05 bits per heavy atom. The zero-order valence-corrected chi connectivity index (χ0v) is 12.8. The molecule has 0 bridgehead atoms. The van der Waals surface area contributed by atoms with E-state index in [9.17, 15) is 5.11 Å². The van der Waals surface area contributed by atoms with Crippen molar-refractivity contribution in [3.8, 4) is 5.75 Å². The molecule has 1 N–H and O–H groups in total. The van der Waals surface area contributed by atoms with Crippen LogP contribution in [0.4, 0.5) is 0 Å². The molecule has 0 aliphatic heterocycles. The smallest absolute Gasteiger partial charge is 0.174 e. The Bertz CT molecular complexity index is 971. The van der Waals surface area contributed by atoms with Gasteiger partial charge in [-0.2, -0.15) is 0 Å². The number of furan rings is 1. The van der Waals surface area contributed by atoms with E-state index in [-0.39, 0.29) is 5.75 Å². The van der Waals surface area contributed by atoms with Gasteiger partial charge < -0.3 is 14.1 Å². The van der Waals surface area contributed by atoms with E-state index < -0.39 is 0 Å². The van der Waals surface area contributed by atoms with E-state index in [1.807, 2.05) is 24.3 Å². The summed E-state index contributed by atoms with van der Waals surface area (Å²) in [7, 11) is 0. The lowest BCUT2D eigenvalue weighted by Crippen LogP contribution is -1.95. The molecule has 0 spiro atoms. The van der Waals surface area contributed by atoms with Gasteiger partial charge in [0.15, 0.2) is 5.16 Å². The molecule has 0 atom stereocenters. The molecule has 0 saturated heterocycles. The fourth-order valence-electron chi connectivity index (χ4n) is 2.65. The number of aromatic hydroxyl groups is 1. The number of imidazole rings is 1. The summed E-state index contributed by atoms with van der Waals surface area (Å²) >= 11 is 1.51. The van der Waals surface area contributed by atoms with Crippen molar-refractivity contribution in [2.75, 3.05) is 0 Å². The monoisotopic (exact) mass is 310 g/mol.